The number of halogens is 1. The van der Waals surface area contributed by atoms with Crippen LogP contribution >= 0.6 is 22.9 Å². The molecule has 1 amide bonds. The molecule has 0 radical (unpaired) electrons. The number of carbonyl (C=O) groups excluding carboxylic acids is 1. The Labute approximate surface area is 185 Å². The number of hydrogen-bond acceptors (Lipinski definition) is 5. The average Bonchev–Trinajstić information content (AvgIpc) is 3.27. The van der Waals surface area contributed by atoms with Gasteiger partial charge in [-0.3, -0.25) is 14.7 Å². The van der Waals surface area contributed by atoms with Crippen molar-refractivity contribution >= 4 is 28.8 Å². The second-order valence-corrected chi connectivity index (χ2v) is 9.21. The molecule has 156 valence electrons. The normalized spacial score (nSPS) is 24.5. The van der Waals surface area contributed by atoms with Gasteiger partial charge in [0.1, 0.15) is 0 Å². The summed E-state index contributed by atoms with van der Waals surface area (Å²) >= 11 is 7.99. The van der Waals surface area contributed by atoms with Crippen molar-refractivity contribution < 1.29 is 9.90 Å². The molecule has 0 saturated carbocycles. The predicted molar refractivity (Wildman–Crippen MR) is 120 cm³/mol. The number of aromatic nitrogens is 1. The van der Waals surface area contributed by atoms with E-state index in [4.69, 9.17) is 11.6 Å². The fourth-order valence-corrected chi connectivity index (χ4v) is 5.07. The first-order chi connectivity index (χ1) is 14.5. The molecule has 0 bridgehead atoms. The first-order valence-electron chi connectivity index (χ1n) is 9.90. The number of carbonyl (C=O) groups is 1. The van der Waals surface area contributed by atoms with Crippen LogP contribution in [-0.4, -0.2) is 39.1 Å². The summed E-state index contributed by atoms with van der Waals surface area (Å²) in [6.07, 6.45) is 3.92. The zero-order valence-corrected chi connectivity index (χ0v) is 18.2. The largest absolute Gasteiger partial charge is 0.388 e. The van der Waals surface area contributed by atoms with Crippen LogP contribution in [0.1, 0.15) is 40.2 Å². The highest BCUT2D eigenvalue weighted by atomic mass is 35.5. The van der Waals surface area contributed by atoms with Crippen molar-refractivity contribution in [3.05, 3.63) is 87.3 Å². The van der Waals surface area contributed by atoms with Gasteiger partial charge in [0.15, 0.2) is 0 Å². The lowest BCUT2D eigenvalue weighted by atomic mass is 9.81. The Morgan fingerprint density at radius 2 is 2.10 bits per heavy atom. The average molecular weight is 442 g/mol. The van der Waals surface area contributed by atoms with E-state index in [1.54, 1.807) is 42.8 Å². The van der Waals surface area contributed by atoms with Crippen LogP contribution in [0.5, 0.6) is 0 Å². The van der Waals surface area contributed by atoms with Gasteiger partial charge in [-0.25, -0.2) is 0 Å². The third-order valence-corrected chi connectivity index (χ3v) is 6.95. The van der Waals surface area contributed by atoms with E-state index < -0.39 is 11.6 Å². The Kier molecular flexibility index (Phi) is 6.20. The van der Waals surface area contributed by atoms with E-state index in [1.807, 2.05) is 35.7 Å². The number of thiophene rings is 1. The lowest BCUT2D eigenvalue weighted by molar-refractivity contribution is -0.0656. The first-order valence-corrected chi connectivity index (χ1v) is 11.2. The molecule has 3 atom stereocenters. The Hall–Kier alpha value is -2.25. The maximum atomic E-state index is 13.0. The van der Waals surface area contributed by atoms with Crippen molar-refractivity contribution in [3.8, 4) is 0 Å². The molecule has 1 saturated heterocycles. The van der Waals surface area contributed by atoms with E-state index in [2.05, 4.69) is 21.3 Å². The van der Waals surface area contributed by atoms with Gasteiger partial charge in [-0.1, -0.05) is 35.9 Å². The number of pyridine rings is 1. The zero-order chi connectivity index (χ0) is 21.1. The molecule has 0 unspecified atom stereocenters. The first kappa shape index (κ1) is 21.0. The molecular formula is C23H24ClN3O2S. The number of aliphatic hydroxyl groups is 1. The molecule has 1 aliphatic heterocycles. The molecule has 1 aliphatic rings. The number of rotatable bonds is 5. The molecule has 2 N–H and O–H groups in total. The van der Waals surface area contributed by atoms with Gasteiger partial charge < -0.3 is 10.4 Å². The van der Waals surface area contributed by atoms with Gasteiger partial charge in [0.05, 0.1) is 22.7 Å². The molecule has 3 heterocycles. The van der Waals surface area contributed by atoms with Gasteiger partial charge in [0, 0.05) is 35.9 Å². The van der Waals surface area contributed by atoms with Crippen molar-refractivity contribution in [1.29, 1.82) is 0 Å². The number of piperidine rings is 1. The standard InChI is InChI=1S/C23H24ClN3O2S/c1-23(29)10-12-27(15-17-9-11-25-14-18(17)24)20(19-8-5-13-30-19)21(23)26-22(28)16-6-3-2-4-7-16/h2-9,11,13-14,20-21,29H,10,12,15H2,1H3,(H,26,28)/t20-,21-,23+/m0/s1. The Balaban J connectivity index is 1.67. The van der Waals surface area contributed by atoms with E-state index in [1.165, 1.54) is 0 Å². The summed E-state index contributed by atoms with van der Waals surface area (Å²) in [6, 6.07) is 14.4. The molecule has 3 aromatic rings. The number of hydrogen-bond donors (Lipinski definition) is 2. The van der Waals surface area contributed by atoms with Crippen molar-refractivity contribution in [3.63, 3.8) is 0 Å². The van der Waals surface area contributed by atoms with Crippen LogP contribution in [0, 0.1) is 0 Å². The van der Waals surface area contributed by atoms with E-state index >= 15 is 0 Å². The monoisotopic (exact) mass is 441 g/mol. The molecule has 2 aromatic heterocycles. The highest BCUT2D eigenvalue weighted by molar-refractivity contribution is 7.10. The summed E-state index contributed by atoms with van der Waals surface area (Å²) in [5.74, 6) is -0.189. The second-order valence-electron chi connectivity index (χ2n) is 7.82. The number of amides is 1. The maximum Gasteiger partial charge on any atom is 0.251 e. The highest BCUT2D eigenvalue weighted by Gasteiger charge is 2.46. The van der Waals surface area contributed by atoms with Crippen LogP contribution in [0.15, 0.2) is 66.3 Å². The lowest BCUT2D eigenvalue weighted by Gasteiger charge is -2.48. The summed E-state index contributed by atoms with van der Waals surface area (Å²) < 4.78 is 0. The SMILES string of the molecule is C[C@@]1(O)CCN(Cc2ccncc2Cl)[C@@H](c2cccs2)[C@@H]1NC(=O)c1ccccc1. The van der Waals surface area contributed by atoms with Gasteiger partial charge in [-0.15, -0.1) is 11.3 Å². The predicted octanol–water partition coefficient (Wildman–Crippen LogP) is 4.29. The summed E-state index contributed by atoms with van der Waals surface area (Å²) in [6.45, 7) is 3.10. The molecule has 0 spiro atoms. The summed E-state index contributed by atoms with van der Waals surface area (Å²) in [4.78, 5) is 20.4. The summed E-state index contributed by atoms with van der Waals surface area (Å²) in [5.41, 5.74) is 0.507. The van der Waals surface area contributed by atoms with Crippen molar-refractivity contribution in [2.24, 2.45) is 0 Å². The van der Waals surface area contributed by atoms with E-state index in [0.29, 0.717) is 30.1 Å². The molecule has 1 fully saturated rings. The van der Waals surface area contributed by atoms with Gasteiger partial charge in [-0.2, -0.15) is 0 Å². The van der Waals surface area contributed by atoms with Crippen LogP contribution in [0.4, 0.5) is 0 Å². The van der Waals surface area contributed by atoms with Crippen LogP contribution < -0.4 is 5.32 Å². The van der Waals surface area contributed by atoms with Gasteiger partial charge in [-0.05, 0) is 48.6 Å². The molecule has 5 nitrogen and oxygen atoms in total. The van der Waals surface area contributed by atoms with Crippen molar-refractivity contribution in [2.45, 2.75) is 37.6 Å². The molecule has 1 aromatic carbocycles. The zero-order valence-electron chi connectivity index (χ0n) is 16.7. The molecular weight excluding hydrogens is 418 g/mol. The van der Waals surface area contributed by atoms with Crippen molar-refractivity contribution in [1.82, 2.24) is 15.2 Å². The molecule has 30 heavy (non-hydrogen) atoms. The second kappa shape index (κ2) is 8.86. The molecule has 4 rings (SSSR count). The minimum atomic E-state index is -1.04. The van der Waals surface area contributed by atoms with Gasteiger partial charge >= 0.3 is 0 Å². The fourth-order valence-electron chi connectivity index (χ4n) is 4.00. The molecule has 7 heteroatoms. The third-order valence-electron chi connectivity index (χ3n) is 5.67. The van der Waals surface area contributed by atoms with Crippen molar-refractivity contribution in [2.75, 3.05) is 6.54 Å². The highest BCUT2D eigenvalue weighted by Crippen LogP contribution is 2.40. The Bertz CT molecular complexity index is 995. The van der Waals surface area contributed by atoms with E-state index in [9.17, 15) is 9.90 Å². The van der Waals surface area contributed by atoms with E-state index in [0.717, 1.165) is 10.4 Å². The number of nitrogens with one attached hydrogen (secondary N) is 1. The Morgan fingerprint density at radius 1 is 1.30 bits per heavy atom. The van der Waals surface area contributed by atoms with Gasteiger partial charge in [0.25, 0.3) is 5.91 Å². The maximum absolute atomic E-state index is 13.0. The lowest BCUT2D eigenvalue weighted by Crippen LogP contribution is -2.62. The smallest absolute Gasteiger partial charge is 0.251 e. The summed E-state index contributed by atoms with van der Waals surface area (Å²) in [5, 5.41) is 17.0. The quantitative estimate of drug-likeness (QED) is 0.619. The van der Waals surface area contributed by atoms with Gasteiger partial charge in [0.2, 0.25) is 0 Å². The third kappa shape index (κ3) is 4.42. The number of likely N-dealkylation sites (tertiary alicyclic amines) is 1. The number of nitrogens with zero attached hydrogens (tertiary/aromatic N) is 2. The minimum Gasteiger partial charge on any atom is -0.388 e. The van der Waals surface area contributed by atoms with Crippen LogP contribution in [0.2, 0.25) is 5.02 Å². The number of benzene rings is 1. The van der Waals surface area contributed by atoms with Crippen LogP contribution in [0.3, 0.4) is 0 Å². The minimum absolute atomic E-state index is 0.175. The topological polar surface area (TPSA) is 65.5 Å². The molecule has 0 aliphatic carbocycles. The fraction of sp³-hybridized carbons (Fsp3) is 0.304. The van der Waals surface area contributed by atoms with E-state index in [-0.39, 0.29) is 11.9 Å². The Morgan fingerprint density at radius 3 is 2.80 bits per heavy atom. The van der Waals surface area contributed by atoms with Crippen LogP contribution in [0.25, 0.3) is 0 Å². The van der Waals surface area contributed by atoms with Crippen LogP contribution in [-0.2, 0) is 6.54 Å². The summed E-state index contributed by atoms with van der Waals surface area (Å²) in [7, 11) is 0.